The molecule has 0 saturated carbocycles. The Kier molecular flexibility index (Phi) is 3.37. The van der Waals surface area contributed by atoms with E-state index in [0.717, 1.165) is 24.1 Å². The number of carbonyl (C=O) groups is 1. The fraction of sp³-hybridized carbons (Fsp3) is 0.462. The van der Waals surface area contributed by atoms with Gasteiger partial charge in [-0.2, -0.15) is 0 Å². The summed E-state index contributed by atoms with van der Waals surface area (Å²) in [6.45, 7) is 0.904. The minimum absolute atomic E-state index is 0.00619. The normalized spacial score (nSPS) is 19.8. The summed E-state index contributed by atoms with van der Waals surface area (Å²) < 4.78 is 2.24. The molecule has 0 aromatic carbocycles. The summed E-state index contributed by atoms with van der Waals surface area (Å²) in [6, 6.07) is 5.16. The van der Waals surface area contributed by atoms with Crippen LogP contribution in [0.15, 0.2) is 29.2 Å². The molecule has 1 N–H and O–H groups in total. The summed E-state index contributed by atoms with van der Waals surface area (Å²) in [5.74, 6) is -0.362. The Bertz CT molecular complexity index is 690. The SMILES string of the molecule is O=C(CN1CCC[C@@H]1CO)n1nc2ccccn2c1=O. The number of carbonyl (C=O) groups excluding carboxylic acids is 1. The summed E-state index contributed by atoms with van der Waals surface area (Å²) in [5.41, 5.74) is -0.00340. The molecule has 7 nitrogen and oxygen atoms in total. The first-order valence-electron chi connectivity index (χ1n) is 6.65. The highest BCUT2D eigenvalue weighted by molar-refractivity contribution is 5.80. The summed E-state index contributed by atoms with van der Waals surface area (Å²) in [6.07, 6.45) is 3.42. The fourth-order valence-electron chi connectivity index (χ4n) is 2.64. The van der Waals surface area contributed by atoms with E-state index in [1.165, 1.54) is 4.40 Å². The van der Waals surface area contributed by atoms with Crippen molar-refractivity contribution in [1.82, 2.24) is 19.1 Å². The van der Waals surface area contributed by atoms with E-state index >= 15 is 0 Å². The first-order valence-corrected chi connectivity index (χ1v) is 6.65. The van der Waals surface area contributed by atoms with Crippen molar-refractivity contribution >= 4 is 11.6 Å². The highest BCUT2D eigenvalue weighted by atomic mass is 16.3. The van der Waals surface area contributed by atoms with Gasteiger partial charge in [-0.3, -0.25) is 9.69 Å². The zero-order valence-corrected chi connectivity index (χ0v) is 11.0. The van der Waals surface area contributed by atoms with Crippen LogP contribution in [0.5, 0.6) is 0 Å². The second kappa shape index (κ2) is 5.18. The minimum Gasteiger partial charge on any atom is -0.395 e. The van der Waals surface area contributed by atoms with Crippen molar-refractivity contribution < 1.29 is 9.90 Å². The topological polar surface area (TPSA) is 79.8 Å². The molecule has 2 aromatic rings. The molecular formula is C13H16N4O3. The third-order valence-corrected chi connectivity index (χ3v) is 3.71. The summed E-state index contributed by atoms with van der Waals surface area (Å²) in [4.78, 5) is 26.2. The van der Waals surface area contributed by atoms with Crippen LogP contribution in [-0.4, -0.2) is 55.8 Å². The molecule has 3 heterocycles. The summed E-state index contributed by atoms with van der Waals surface area (Å²) >= 11 is 0. The molecule has 1 saturated heterocycles. The van der Waals surface area contributed by atoms with E-state index in [0.29, 0.717) is 5.65 Å². The molecule has 3 rings (SSSR count). The predicted molar refractivity (Wildman–Crippen MR) is 71.8 cm³/mol. The van der Waals surface area contributed by atoms with Gasteiger partial charge in [-0.15, -0.1) is 9.78 Å². The van der Waals surface area contributed by atoms with Gasteiger partial charge in [0.2, 0.25) is 0 Å². The Morgan fingerprint density at radius 3 is 3.05 bits per heavy atom. The van der Waals surface area contributed by atoms with Crippen molar-refractivity contribution in [2.45, 2.75) is 18.9 Å². The van der Waals surface area contributed by atoms with Crippen molar-refractivity contribution in [2.75, 3.05) is 19.7 Å². The van der Waals surface area contributed by atoms with E-state index in [-0.39, 0.29) is 25.1 Å². The molecule has 0 radical (unpaired) electrons. The number of hydrogen-bond donors (Lipinski definition) is 1. The lowest BCUT2D eigenvalue weighted by molar-refractivity contribution is 0.0786. The molecule has 1 aliphatic heterocycles. The Balaban J connectivity index is 1.86. The molecule has 7 heteroatoms. The molecular weight excluding hydrogens is 260 g/mol. The molecule has 0 amide bonds. The maximum absolute atomic E-state index is 12.2. The van der Waals surface area contributed by atoms with E-state index < -0.39 is 5.69 Å². The predicted octanol–water partition coefficient (Wildman–Crippen LogP) is -0.407. The average molecular weight is 276 g/mol. The smallest absolute Gasteiger partial charge is 0.357 e. The zero-order chi connectivity index (χ0) is 14.1. The second-order valence-corrected chi connectivity index (χ2v) is 4.97. The number of hydrogen-bond acceptors (Lipinski definition) is 5. The number of fused-ring (bicyclic) bond motifs is 1. The minimum atomic E-state index is -0.453. The largest absolute Gasteiger partial charge is 0.395 e. The van der Waals surface area contributed by atoms with Crippen molar-refractivity contribution in [3.05, 3.63) is 34.9 Å². The number of likely N-dealkylation sites (tertiary alicyclic amines) is 1. The summed E-state index contributed by atoms with van der Waals surface area (Å²) in [7, 11) is 0. The van der Waals surface area contributed by atoms with Gasteiger partial charge < -0.3 is 5.11 Å². The van der Waals surface area contributed by atoms with Crippen LogP contribution in [-0.2, 0) is 0 Å². The number of rotatable bonds is 3. The van der Waals surface area contributed by atoms with Crippen LogP contribution >= 0.6 is 0 Å². The lowest BCUT2D eigenvalue weighted by Gasteiger charge is -2.20. The van der Waals surface area contributed by atoms with Crippen LogP contribution in [0.3, 0.4) is 0 Å². The van der Waals surface area contributed by atoms with Gasteiger partial charge in [-0.25, -0.2) is 9.20 Å². The molecule has 1 fully saturated rings. The second-order valence-electron chi connectivity index (χ2n) is 4.97. The van der Waals surface area contributed by atoms with Gasteiger partial charge in [0.25, 0.3) is 5.91 Å². The fourth-order valence-corrected chi connectivity index (χ4v) is 2.64. The molecule has 0 spiro atoms. The Labute approximate surface area is 115 Å². The molecule has 0 unspecified atom stereocenters. The number of aromatic nitrogens is 3. The van der Waals surface area contributed by atoms with Crippen molar-refractivity contribution in [1.29, 1.82) is 0 Å². The number of aliphatic hydroxyl groups is 1. The van der Waals surface area contributed by atoms with E-state index in [4.69, 9.17) is 0 Å². The van der Waals surface area contributed by atoms with Crippen LogP contribution in [0.25, 0.3) is 5.65 Å². The molecule has 1 atom stereocenters. The lowest BCUT2D eigenvalue weighted by Crippen LogP contribution is -2.41. The van der Waals surface area contributed by atoms with Crippen LogP contribution in [0.2, 0.25) is 0 Å². The zero-order valence-electron chi connectivity index (χ0n) is 11.0. The van der Waals surface area contributed by atoms with Gasteiger partial charge in [-0.1, -0.05) is 6.07 Å². The monoisotopic (exact) mass is 276 g/mol. The van der Waals surface area contributed by atoms with Crippen LogP contribution in [0.1, 0.15) is 17.6 Å². The maximum Gasteiger partial charge on any atom is 0.357 e. The molecule has 1 aliphatic rings. The van der Waals surface area contributed by atoms with Gasteiger partial charge in [0.15, 0.2) is 5.65 Å². The van der Waals surface area contributed by atoms with Crippen LogP contribution < -0.4 is 5.69 Å². The highest BCUT2D eigenvalue weighted by Crippen LogP contribution is 2.15. The van der Waals surface area contributed by atoms with Crippen molar-refractivity contribution in [3.8, 4) is 0 Å². The van der Waals surface area contributed by atoms with Gasteiger partial charge >= 0.3 is 5.69 Å². The Morgan fingerprint density at radius 1 is 1.45 bits per heavy atom. The van der Waals surface area contributed by atoms with Gasteiger partial charge in [0.1, 0.15) is 0 Å². The molecule has 0 bridgehead atoms. The van der Waals surface area contributed by atoms with E-state index in [9.17, 15) is 14.7 Å². The first-order chi connectivity index (χ1) is 9.70. The highest BCUT2D eigenvalue weighted by Gasteiger charge is 2.27. The number of nitrogens with zero attached hydrogens (tertiary/aromatic N) is 4. The maximum atomic E-state index is 12.2. The quantitative estimate of drug-likeness (QED) is 0.824. The van der Waals surface area contributed by atoms with Crippen molar-refractivity contribution in [3.63, 3.8) is 0 Å². The molecule has 2 aromatic heterocycles. The van der Waals surface area contributed by atoms with Crippen LogP contribution in [0, 0.1) is 0 Å². The molecule has 106 valence electrons. The van der Waals surface area contributed by atoms with E-state index in [2.05, 4.69) is 5.10 Å². The molecule has 0 aliphatic carbocycles. The Hall–Kier alpha value is -1.99. The van der Waals surface area contributed by atoms with Gasteiger partial charge in [0, 0.05) is 12.2 Å². The van der Waals surface area contributed by atoms with Gasteiger partial charge in [0.05, 0.1) is 13.2 Å². The standard InChI is InChI=1S/C13H16N4O3/c18-9-10-4-3-6-15(10)8-12(19)17-13(20)16-7-2-1-5-11(16)14-17/h1-2,5,7,10,18H,3-4,6,8-9H2/t10-/m1/s1. The van der Waals surface area contributed by atoms with Crippen molar-refractivity contribution in [2.24, 2.45) is 0 Å². The Morgan fingerprint density at radius 2 is 2.30 bits per heavy atom. The van der Waals surface area contributed by atoms with Crippen LogP contribution in [0.4, 0.5) is 0 Å². The first kappa shape index (κ1) is 13.0. The third-order valence-electron chi connectivity index (χ3n) is 3.71. The van der Waals surface area contributed by atoms with Gasteiger partial charge in [-0.05, 0) is 31.5 Å². The number of pyridine rings is 1. The van der Waals surface area contributed by atoms with E-state index in [1.54, 1.807) is 24.4 Å². The molecule has 20 heavy (non-hydrogen) atoms. The number of aliphatic hydroxyl groups excluding tert-OH is 1. The third kappa shape index (κ3) is 2.14. The lowest BCUT2D eigenvalue weighted by atomic mass is 10.2. The van der Waals surface area contributed by atoms with E-state index in [1.807, 2.05) is 4.90 Å². The average Bonchev–Trinajstić information content (AvgIpc) is 3.04. The summed E-state index contributed by atoms with van der Waals surface area (Å²) in [5, 5.41) is 13.3.